The van der Waals surface area contributed by atoms with E-state index in [1.165, 1.54) is 0 Å². The molecule has 0 aliphatic rings. The summed E-state index contributed by atoms with van der Waals surface area (Å²) in [5.41, 5.74) is 3.90. The Morgan fingerprint density at radius 3 is 1.97 bits per heavy atom. The highest BCUT2D eigenvalue weighted by Gasteiger charge is 2.12. The van der Waals surface area contributed by atoms with Crippen LogP contribution in [0.1, 0.15) is 5.56 Å². The minimum absolute atomic E-state index is 0.0572. The van der Waals surface area contributed by atoms with Crippen molar-refractivity contribution in [3.8, 4) is 6.07 Å². The van der Waals surface area contributed by atoms with Crippen molar-refractivity contribution in [2.24, 2.45) is 0 Å². The molecule has 150 valence electrons. The average molecular weight is 397 g/mol. The van der Waals surface area contributed by atoms with Crippen LogP contribution in [-0.2, 0) is 9.53 Å². The summed E-state index contributed by atoms with van der Waals surface area (Å²) >= 11 is 0. The van der Waals surface area contributed by atoms with Crippen LogP contribution in [0.2, 0.25) is 0 Å². The highest BCUT2D eigenvalue weighted by atomic mass is 16.5. The first-order valence-electron chi connectivity index (χ1n) is 9.62. The number of carbonyl (C=O) groups excluding carboxylic acids is 1. The lowest BCUT2D eigenvalue weighted by atomic mass is 10.1. The summed E-state index contributed by atoms with van der Waals surface area (Å²) in [5, 5.41) is 12.0. The molecular formula is C25H23N3O2. The molecule has 5 nitrogen and oxygen atoms in total. The average Bonchev–Trinajstić information content (AvgIpc) is 2.80. The molecule has 1 amide bonds. The van der Waals surface area contributed by atoms with Crippen LogP contribution in [0.15, 0.2) is 90.5 Å². The lowest BCUT2D eigenvalue weighted by molar-refractivity contribution is -0.117. The third kappa shape index (κ3) is 5.34. The molecule has 0 aromatic heterocycles. The van der Waals surface area contributed by atoms with Crippen LogP contribution >= 0.6 is 0 Å². The summed E-state index contributed by atoms with van der Waals surface area (Å²) in [6, 6.07) is 29.9. The van der Waals surface area contributed by atoms with Crippen molar-refractivity contribution in [1.82, 2.24) is 5.32 Å². The molecule has 3 rings (SSSR count). The second kappa shape index (κ2) is 10.6. The van der Waals surface area contributed by atoms with Crippen molar-refractivity contribution in [2.75, 3.05) is 25.2 Å². The molecule has 0 radical (unpaired) electrons. The van der Waals surface area contributed by atoms with Gasteiger partial charge in [0.2, 0.25) is 0 Å². The molecule has 1 N–H and O–H groups in total. The first-order valence-corrected chi connectivity index (χ1v) is 9.62. The zero-order chi connectivity index (χ0) is 21.2. The topological polar surface area (TPSA) is 65.4 Å². The second-order valence-corrected chi connectivity index (χ2v) is 6.52. The summed E-state index contributed by atoms with van der Waals surface area (Å²) in [5.74, 6) is -0.408. The van der Waals surface area contributed by atoms with Gasteiger partial charge in [0.1, 0.15) is 11.6 Å². The van der Waals surface area contributed by atoms with Crippen LogP contribution in [-0.4, -0.2) is 26.2 Å². The van der Waals surface area contributed by atoms with Gasteiger partial charge in [-0.3, -0.25) is 4.79 Å². The smallest absolute Gasteiger partial charge is 0.262 e. The van der Waals surface area contributed by atoms with Crippen LogP contribution in [0.5, 0.6) is 0 Å². The SMILES string of the molecule is COCCNC(=O)/C(C#N)=C\c1ccc(N(c2ccccc2)c2ccccc2)cc1. The Morgan fingerprint density at radius 1 is 0.933 bits per heavy atom. The Balaban J connectivity index is 1.87. The van der Waals surface area contributed by atoms with E-state index in [1.54, 1.807) is 13.2 Å². The third-order valence-electron chi connectivity index (χ3n) is 4.45. The van der Waals surface area contributed by atoms with E-state index >= 15 is 0 Å². The maximum absolute atomic E-state index is 12.1. The van der Waals surface area contributed by atoms with E-state index in [4.69, 9.17) is 4.74 Å². The van der Waals surface area contributed by atoms with Gasteiger partial charge in [-0.25, -0.2) is 0 Å². The second-order valence-electron chi connectivity index (χ2n) is 6.52. The number of hydrogen-bond donors (Lipinski definition) is 1. The van der Waals surface area contributed by atoms with Gasteiger partial charge in [-0.2, -0.15) is 5.26 Å². The van der Waals surface area contributed by atoms with E-state index in [-0.39, 0.29) is 5.57 Å². The molecule has 5 heteroatoms. The molecule has 3 aromatic rings. The number of hydrogen-bond acceptors (Lipinski definition) is 4. The molecule has 0 bridgehead atoms. The van der Waals surface area contributed by atoms with E-state index in [1.807, 2.05) is 66.7 Å². The zero-order valence-electron chi connectivity index (χ0n) is 16.8. The largest absolute Gasteiger partial charge is 0.383 e. The van der Waals surface area contributed by atoms with Gasteiger partial charge in [0, 0.05) is 30.7 Å². The van der Waals surface area contributed by atoms with Crippen LogP contribution in [0.3, 0.4) is 0 Å². The van der Waals surface area contributed by atoms with Crippen molar-refractivity contribution >= 4 is 29.0 Å². The maximum atomic E-state index is 12.1. The number of benzene rings is 3. The summed E-state index contributed by atoms with van der Waals surface area (Å²) in [6.07, 6.45) is 1.58. The first-order chi connectivity index (χ1) is 14.7. The lowest BCUT2D eigenvalue weighted by Gasteiger charge is -2.25. The molecule has 0 saturated heterocycles. The molecule has 0 unspecified atom stereocenters. The van der Waals surface area contributed by atoms with Gasteiger partial charge in [0.05, 0.1) is 6.61 Å². The van der Waals surface area contributed by atoms with Crippen molar-refractivity contribution in [3.63, 3.8) is 0 Å². The Hall–Kier alpha value is -3.88. The Kier molecular flexibility index (Phi) is 7.37. The van der Waals surface area contributed by atoms with Crippen molar-refractivity contribution < 1.29 is 9.53 Å². The number of amides is 1. The van der Waals surface area contributed by atoms with Gasteiger partial charge in [0.25, 0.3) is 5.91 Å². The number of nitrogens with one attached hydrogen (secondary N) is 1. The minimum Gasteiger partial charge on any atom is -0.383 e. The number of nitriles is 1. The Labute approximate surface area is 176 Å². The molecule has 0 aliphatic carbocycles. The number of ether oxygens (including phenoxy) is 1. The number of anilines is 3. The van der Waals surface area contributed by atoms with E-state index in [9.17, 15) is 10.1 Å². The molecular weight excluding hydrogens is 374 g/mol. The van der Waals surface area contributed by atoms with E-state index in [0.29, 0.717) is 13.2 Å². The molecule has 30 heavy (non-hydrogen) atoms. The van der Waals surface area contributed by atoms with Crippen molar-refractivity contribution in [3.05, 3.63) is 96.1 Å². The fraction of sp³-hybridized carbons (Fsp3) is 0.120. The highest BCUT2D eigenvalue weighted by molar-refractivity contribution is 6.01. The number of carbonyl (C=O) groups is 1. The monoisotopic (exact) mass is 397 g/mol. The van der Waals surface area contributed by atoms with Gasteiger partial charge < -0.3 is 15.0 Å². The highest BCUT2D eigenvalue weighted by Crippen LogP contribution is 2.34. The zero-order valence-corrected chi connectivity index (χ0v) is 16.8. The molecule has 0 fully saturated rings. The Morgan fingerprint density at radius 2 is 1.47 bits per heavy atom. The fourth-order valence-corrected chi connectivity index (χ4v) is 3.00. The summed E-state index contributed by atoms with van der Waals surface area (Å²) in [4.78, 5) is 14.3. The Bertz CT molecular complexity index is 984. The third-order valence-corrected chi connectivity index (χ3v) is 4.45. The van der Waals surface area contributed by atoms with Gasteiger partial charge in [0.15, 0.2) is 0 Å². The molecule has 3 aromatic carbocycles. The fourth-order valence-electron chi connectivity index (χ4n) is 3.00. The van der Waals surface area contributed by atoms with E-state index < -0.39 is 5.91 Å². The first kappa shape index (κ1) is 20.8. The normalized spacial score (nSPS) is 10.9. The number of methoxy groups -OCH3 is 1. The molecule has 0 aliphatic heterocycles. The standard InChI is InChI=1S/C25H23N3O2/c1-30-17-16-27-25(29)21(19-26)18-20-12-14-24(15-13-20)28(22-8-4-2-5-9-22)23-10-6-3-7-11-23/h2-15,18H,16-17H2,1H3,(H,27,29)/b21-18-. The van der Waals surface area contributed by atoms with Gasteiger partial charge in [-0.1, -0.05) is 48.5 Å². The van der Waals surface area contributed by atoms with Gasteiger partial charge in [-0.15, -0.1) is 0 Å². The van der Waals surface area contributed by atoms with E-state index in [0.717, 1.165) is 22.6 Å². The number of rotatable bonds is 8. The summed E-state index contributed by atoms with van der Waals surface area (Å²) in [6.45, 7) is 0.754. The maximum Gasteiger partial charge on any atom is 0.262 e. The van der Waals surface area contributed by atoms with Crippen LogP contribution in [0.4, 0.5) is 17.1 Å². The lowest BCUT2D eigenvalue weighted by Crippen LogP contribution is -2.27. The minimum atomic E-state index is -0.408. The number of nitrogens with zero attached hydrogens (tertiary/aromatic N) is 2. The molecule has 0 spiro atoms. The van der Waals surface area contributed by atoms with Crippen LogP contribution < -0.4 is 10.2 Å². The molecule has 0 heterocycles. The van der Waals surface area contributed by atoms with Crippen molar-refractivity contribution in [1.29, 1.82) is 5.26 Å². The van der Waals surface area contributed by atoms with Crippen LogP contribution in [0, 0.1) is 11.3 Å². The molecule has 0 atom stereocenters. The van der Waals surface area contributed by atoms with Gasteiger partial charge in [-0.05, 0) is 48.0 Å². The summed E-state index contributed by atoms with van der Waals surface area (Å²) in [7, 11) is 1.56. The quantitative estimate of drug-likeness (QED) is 0.336. The molecule has 0 saturated carbocycles. The predicted molar refractivity (Wildman–Crippen MR) is 120 cm³/mol. The van der Waals surface area contributed by atoms with Gasteiger partial charge >= 0.3 is 0 Å². The predicted octanol–water partition coefficient (Wildman–Crippen LogP) is 4.83. The van der Waals surface area contributed by atoms with Crippen LogP contribution in [0.25, 0.3) is 6.08 Å². The van der Waals surface area contributed by atoms with Crippen molar-refractivity contribution in [2.45, 2.75) is 0 Å². The number of para-hydroxylation sites is 2. The summed E-state index contributed by atoms with van der Waals surface area (Å²) < 4.78 is 4.91. The van der Waals surface area contributed by atoms with E-state index in [2.05, 4.69) is 34.5 Å².